The van der Waals surface area contributed by atoms with Gasteiger partial charge in [0, 0.05) is 36.4 Å². The highest BCUT2D eigenvalue weighted by Crippen LogP contribution is 2.26. The van der Waals surface area contributed by atoms with E-state index in [0.717, 1.165) is 30.0 Å². The number of benzene rings is 2. The van der Waals surface area contributed by atoms with Crippen molar-refractivity contribution in [3.63, 3.8) is 0 Å². The van der Waals surface area contributed by atoms with E-state index in [9.17, 15) is 9.59 Å². The van der Waals surface area contributed by atoms with Crippen molar-refractivity contribution in [2.24, 2.45) is 0 Å². The summed E-state index contributed by atoms with van der Waals surface area (Å²) in [6, 6.07) is 14.7. The molecular weight excluding hydrogens is 392 g/mol. The maximum Gasteiger partial charge on any atom is 0.338 e. The monoisotopic (exact) mass is 418 g/mol. The Morgan fingerprint density at radius 1 is 1.03 bits per heavy atom. The lowest BCUT2D eigenvalue weighted by atomic mass is 10.1. The van der Waals surface area contributed by atoms with Gasteiger partial charge in [-0.3, -0.25) is 4.79 Å². The average molecular weight is 418 g/mol. The van der Waals surface area contributed by atoms with Crippen molar-refractivity contribution in [3.05, 3.63) is 71.5 Å². The van der Waals surface area contributed by atoms with Crippen molar-refractivity contribution in [2.45, 2.75) is 26.7 Å². The molecule has 1 amide bonds. The fourth-order valence-electron chi connectivity index (χ4n) is 3.84. The number of nitrogens with zero attached hydrogens (tertiary/aromatic N) is 3. The van der Waals surface area contributed by atoms with E-state index in [1.165, 1.54) is 18.5 Å². The van der Waals surface area contributed by atoms with Gasteiger partial charge in [0.05, 0.1) is 11.3 Å². The second kappa shape index (κ2) is 9.04. The molecule has 7 heteroatoms. The van der Waals surface area contributed by atoms with Crippen LogP contribution in [0, 0.1) is 13.8 Å². The maximum absolute atomic E-state index is 12.3. The molecule has 1 N–H and O–H groups in total. The van der Waals surface area contributed by atoms with Crippen LogP contribution in [0.2, 0.25) is 0 Å². The molecule has 1 aliphatic rings. The summed E-state index contributed by atoms with van der Waals surface area (Å²) >= 11 is 0. The Kier molecular flexibility index (Phi) is 6.02. The molecule has 0 radical (unpaired) electrons. The summed E-state index contributed by atoms with van der Waals surface area (Å²) in [6.45, 7) is 5.80. The van der Waals surface area contributed by atoms with E-state index < -0.39 is 5.97 Å². The SMILES string of the molecule is Cc1cc(NC(=O)COC(=O)c2ccc(-n3nccc3C)cc2)ccc1N1CCCC1. The molecule has 1 aliphatic heterocycles. The fraction of sp³-hybridized carbons (Fsp3) is 0.292. The lowest BCUT2D eigenvalue weighted by molar-refractivity contribution is -0.119. The summed E-state index contributed by atoms with van der Waals surface area (Å²) in [7, 11) is 0. The van der Waals surface area contributed by atoms with Gasteiger partial charge >= 0.3 is 5.97 Å². The third-order valence-electron chi connectivity index (χ3n) is 5.44. The lowest BCUT2D eigenvalue weighted by Gasteiger charge is -2.20. The minimum atomic E-state index is -0.542. The molecule has 2 aromatic carbocycles. The van der Waals surface area contributed by atoms with Crippen molar-refractivity contribution in [2.75, 3.05) is 29.9 Å². The van der Waals surface area contributed by atoms with Gasteiger partial charge in [-0.15, -0.1) is 0 Å². The molecule has 0 bridgehead atoms. The van der Waals surface area contributed by atoms with Crippen molar-refractivity contribution in [3.8, 4) is 5.69 Å². The largest absolute Gasteiger partial charge is 0.452 e. The van der Waals surface area contributed by atoms with Crippen LogP contribution in [0.15, 0.2) is 54.7 Å². The molecule has 1 aromatic heterocycles. The summed E-state index contributed by atoms with van der Waals surface area (Å²) in [5, 5.41) is 7.03. The number of carbonyl (C=O) groups is 2. The summed E-state index contributed by atoms with van der Waals surface area (Å²) < 4.78 is 6.95. The van der Waals surface area contributed by atoms with E-state index in [-0.39, 0.29) is 12.5 Å². The standard InChI is InChI=1S/C24H26N4O3/c1-17-15-20(7-10-22(17)27-13-3-4-14-27)26-23(29)16-31-24(30)19-5-8-21(9-6-19)28-18(2)11-12-25-28/h5-12,15H,3-4,13-14,16H2,1-2H3,(H,26,29). The van der Waals surface area contributed by atoms with Gasteiger partial charge in [0.2, 0.25) is 0 Å². The molecule has 1 fully saturated rings. The molecule has 0 saturated carbocycles. The Balaban J connectivity index is 1.31. The second-order valence-corrected chi connectivity index (χ2v) is 7.75. The number of anilines is 2. The molecule has 0 atom stereocenters. The third-order valence-corrected chi connectivity index (χ3v) is 5.44. The number of hydrogen-bond donors (Lipinski definition) is 1. The smallest absolute Gasteiger partial charge is 0.338 e. The Labute approximate surface area is 181 Å². The molecule has 0 unspecified atom stereocenters. The lowest BCUT2D eigenvalue weighted by Crippen LogP contribution is -2.21. The van der Waals surface area contributed by atoms with Crippen LogP contribution in [0.4, 0.5) is 11.4 Å². The predicted octanol–water partition coefficient (Wildman–Crippen LogP) is 3.88. The van der Waals surface area contributed by atoms with Crippen molar-refractivity contribution >= 4 is 23.3 Å². The van der Waals surface area contributed by atoms with Gasteiger partial charge in [-0.2, -0.15) is 5.10 Å². The minimum absolute atomic E-state index is 0.341. The van der Waals surface area contributed by atoms with Crippen molar-refractivity contribution in [1.82, 2.24) is 9.78 Å². The highest BCUT2D eigenvalue weighted by atomic mass is 16.5. The Bertz CT molecular complexity index is 1080. The van der Waals surface area contributed by atoms with Crippen LogP contribution in [0.25, 0.3) is 5.69 Å². The molecule has 3 aromatic rings. The van der Waals surface area contributed by atoms with E-state index in [1.807, 2.05) is 38.1 Å². The highest BCUT2D eigenvalue weighted by molar-refractivity contribution is 5.95. The van der Waals surface area contributed by atoms with E-state index in [2.05, 4.69) is 15.3 Å². The first-order valence-corrected chi connectivity index (χ1v) is 10.4. The number of ether oxygens (including phenoxy) is 1. The average Bonchev–Trinajstić information content (AvgIpc) is 3.44. The normalized spacial score (nSPS) is 13.3. The number of carbonyl (C=O) groups excluding carboxylic acids is 2. The van der Waals surface area contributed by atoms with Crippen LogP contribution >= 0.6 is 0 Å². The molecule has 1 saturated heterocycles. The van der Waals surface area contributed by atoms with Gasteiger partial charge < -0.3 is 15.0 Å². The van der Waals surface area contributed by atoms with Gasteiger partial charge in [-0.25, -0.2) is 9.48 Å². The maximum atomic E-state index is 12.3. The van der Waals surface area contributed by atoms with E-state index >= 15 is 0 Å². The van der Waals surface area contributed by atoms with E-state index in [4.69, 9.17) is 4.74 Å². The Hall–Kier alpha value is -3.61. The minimum Gasteiger partial charge on any atom is -0.452 e. The van der Waals surface area contributed by atoms with Crippen LogP contribution < -0.4 is 10.2 Å². The molecule has 2 heterocycles. The quantitative estimate of drug-likeness (QED) is 0.615. The molecule has 0 spiro atoms. The molecule has 31 heavy (non-hydrogen) atoms. The van der Waals surface area contributed by atoms with Crippen LogP contribution in [-0.4, -0.2) is 41.4 Å². The zero-order valence-electron chi connectivity index (χ0n) is 17.8. The van der Waals surface area contributed by atoms with Gasteiger partial charge in [-0.1, -0.05) is 0 Å². The number of aryl methyl sites for hydroxylation is 2. The third kappa shape index (κ3) is 4.77. The number of amides is 1. The van der Waals surface area contributed by atoms with Crippen LogP contribution in [0.5, 0.6) is 0 Å². The van der Waals surface area contributed by atoms with Crippen LogP contribution in [-0.2, 0) is 9.53 Å². The summed E-state index contributed by atoms with van der Waals surface area (Å²) in [5.74, 6) is -0.912. The topological polar surface area (TPSA) is 76.5 Å². The summed E-state index contributed by atoms with van der Waals surface area (Å²) in [4.78, 5) is 26.9. The molecular formula is C24H26N4O3. The second-order valence-electron chi connectivity index (χ2n) is 7.75. The zero-order valence-corrected chi connectivity index (χ0v) is 17.8. The van der Waals surface area contributed by atoms with Crippen LogP contribution in [0.1, 0.15) is 34.5 Å². The number of esters is 1. The van der Waals surface area contributed by atoms with Gasteiger partial charge in [-0.05, 0) is 80.8 Å². The fourth-order valence-corrected chi connectivity index (χ4v) is 3.84. The Morgan fingerprint density at radius 3 is 2.42 bits per heavy atom. The number of nitrogens with one attached hydrogen (secondary N) is 1. The first-order valence-electron chi connectivity index (χ1n) is 10.4. The predicted molar refractivity (Wildman–Crippen MR) is 120 cm³/mol. The number of hydrogen-bond acceptors (Lipinski definition) is 5. The molecule has 160 valence electrons. The van der Waals surface area contributed by atoms with Crippen molar-refractivity contribution in [1.29, 1.82) is 0 Å². The number of rotatable bonds is 6. The van der Waals surface area contributed by atoms with Crippen LogP contribution in [0.3, 0.4) is 0 Å². The molecule has 4 rings (SSSR count). The Morgan fingerprint density at radius 2 is 1.77 bits per heavy atom. The van der Waals surface area contributed by atoms with E-state index in [0.29, 0.717) is 11.3 Å². The van der Waals surface area contributed by atoms with Gasteiger partial charge in [0.15, 0.2) is 6.61 Å². The molecule has 0 aliphatic carbocycles. The first-order chi connectivity index (χ1) is 15.0. The number of aromatic nitrogens is 2. The highest BCUT2D eigenvalue weighted by Gasteiger charge is 2.15. The first kappa shape index (κ1) is 20.7. The van der Waals surface area contributed by atoms with Crippen molar-refractivity contribution < 1.29 is 14.3 Å². The zero-order chi connectivity index (χ0) is 21.8. The van der Waals surface area contributed by atoms with Gasteiger partial charge in [0.25, 0.3) is 5.91 Å². The van der Waals surface area contributed by atoms with E-state index in [1.54, 1.807) is 35.1 Å². The van der Waals surface area contributed by atoms with Gasteiger partial charge in [0.1, 0.15) is 0 Å². The molecule has 7 nitrogen and oxygen atoms in total. The summed E-state index contributed by atoms with van der Waals surface area (Å²) in [5.41, 5.74) is 5.24. The summed E-state index contributed by atoms with van der Waals surface area (Å²) in [6.07, 6.45) is 4.15.